The first-order valence-electron chi connectivity index (χ1n) is 9.71. The molecule has 0 bridgehead atoms. The van der Waals surface area contributed by atoms with Crippen LogP contribution in [0, 0.1) is 0 Å². The highest BCUT2D eigenvalue weighted by Gasteiger charge is 2.16. The van der Waals surface area contributed by atoms with Crippen molar-refractivity contribution in [2.45, 2.75) is 19.6 Å². The van der Waals surface area contributed by atoms with Crippen molar-refractivity contribution in [2.75, 3.05) is 0 Å². The second-order valence-electron chi connectivity index (χ2n) is 6.97. The van der Waals surface area contributed by atoms with Crippen LogP contribution in [-0.4, -0.2) is 12.0 Å². The van der Waals surface area contributed by atoms with Crippen molar-refractivity contribution in [3.8, 4) is 16.9 Å². The number of hydrogen-bond donors (Lipinski definition) is 1. The fraction of sp³-hybridized carbons (Fsp3) is 0.120. The topological polar surface area (TPSA) is 68.5 Å². The summed E-state index contributed by atoms with van der Waals surface area (Å²) in [6.45, 7) is 2.11. The van der Waals surface area contributed by atoms with Gasteiger partial charge in [-0.15, -0.1) is 0 Å². The summed E-state index contributed by atoms with van der Waals surface area (Å²) in [4.78, 5) is 25.2. The lowest BCUT2D eigenvalue weighted by molar-refractivity contribution is -0.127. The first kappa shape index (κ1) is 19.5. The van der Waals surface area contributed by atoms with Crippen molar-refractivity contribution in [1.82, 2.24) is 5.32 Å². The van der Waals surface area contributed by atoms with E-state index in [-0.39, 0.29) is 11.3 Å². The molecule has 0 aliphatic heterocycles. The molecular weight excluding hydrogens is 378 g/mol. The van der Waals surface area contributed by atoms with Crippen molar-refractivity contribution in [1.29, 1.82) is 0 Å². The van der Waals surface area contributed by atoms with Crippen LogP contribution in [0.5, 0.6) is 5.75 Å². The zero-order chi connectivity index (χ0) is 20.9. The van der Waals surface area contributed by atoms with E-state index in [4.69, 9.17) is 9.15 Å². The molecule has 1 atom stereocenters. The summed E-state index contributed by atoms with van der Waals surface area (Å²) < 4.78 is 11.4. The van der Waals surface area contributed by atoms with Gasteiger partial charge in [-0.2, -0.15) is 0 Å². The fourth-order valence-electron chi connectivity index (χ4n) is 3.19. The SMILES string of the molecule is C[C@@H](Oc1ccc2c(=O)c(-c3ccccc3)coc2c1)C(=O)NCc1ccccc1. The van der Waals surface area contributed by atoms with E-state index < -0.39 is 6.10 Å². The maximum Gasteiger partial charge on any atom is 0.261 e. The number of fused-ring (bicyclic) bond motifs is 1. The Labute approximate surface area is 173 Å². The Morgan fingerprint density at radius 1 is 1.00 bits per heavy atom. The number of carbonyl (C=O) groups excluding carboxylic acids is 1. The van der Waals surface area contributed by atoms with Gasteiger partial charge in [0.15, 0.2) is 11.5 Å². The Bertz CT molecular complexity index is 1220. The van der Waals surface area contributed by atoms with E-state index in [1.807, 2.05) is 60.7 Å². The Balaban J connectivity index is 1.48. The quantitative estimate of drug-likeness (QED) is 0.517. The number of ether oxygens (including phenoxy) is 1. The summed E-state index contributed by atoms with van der Waals surface area (Å²) in [6.07, 6.45) is 0.765. The Hall–Kier alpha value is -3.86. The molecular formula is C25H21NO4. The second-order valence-corrected chi connectivity index (χ2v) is 6.97. The molecule has 5 nitrogen and oxygen atoms in total. The van der Waals surface area contributed by atoms with Gasteiger partial charge in [-0.3, -0.25) is 9.59 Å². The lowest BCUT2D eigenvalue weighted by Gasteiger charge is -2.15. The van der Waals surface area contributed by atoms with Gasteiger partial charge in [0.05, 0.1) is 10.9 Å². The number of carbonyl (C=O) groups is 1. The minimum atomic E-state index is -0.693. The Morgan fingerprint density at radius 2 is 1.70 bits per heavy atom. The first-order chi connectivity index (χ1) is 14.6. The van der Waals surface area contributed by atoms with Gasteiger partial charge >= 0.3 is 0 Å². The summed E-state index contributed by atoms with van der Waals surface area (Å²) >= 11 is 0. The zero-order valence-corrected chi connectivity index (χ0v) is 16.5. The predicted molar refractivity (Wildman–Crippen MR) is 116 cm³/mol. The Kier molecular flexibility index (Phi) is 5.61. The monoisotopic (exact) mass is 399 g/mol. The van der Waals surface area contributed by atoms with E-state index >= 15 is 0 Å². The second kappa shape index (κ2) is 8.66. The van der Waals surface area contributed by atoms with Gasteiger partial charge in [0.1, 0.15) is 17.6 Å². The molecule has 0 spiro atoms. The number of benzene rings is 3. The molecule has 1 N–H and O–H groups in total. The predicted octanol–water partition coefficient (Wildman–Crippen LogP) is 4.54. The van der Waals surface area contributed by atoms with Crippen LogP contribution in [-0.2, 0) is 11.3 Å². The van der Waals surface area contributed by atoms with Gasteiger partial charge in [-0.1, -0.05) is 60.7 Å². The molecule has 0 aliphatic carbocycles. The standard InChI is InChI=1S/C25H21NO4/c1-17(25(28)26-15-18-8-4-2-5-9-18)30-20-12-13-21-23(14-20)29-16-22(24(21)27)19-10-6-3-7-11-19/h2-14,16-17H,15H2,1H3,(H,26,28)/t17-/m1/s1. The van der Waals surface area contributed by atoms with Crippen LogP contribution in [0.2, 0.25) is 0 Å². The van der Waals surface area contributed by atoms with Gasteiger partial charge in [0, 0.05) is 12.6 Å². The molecule has 0 saturated carbocycles. The highest BCUT2D eigenvalue weighted by molar-refractivity contribution is 5.83. The number of rotatable bonds is 6. The van der Waals surface area contributed by atoms with Crippen LogP contribution in [0.1, 0.15) is 12.5 Å². The molecule has 0 fully saturated rings. The summed E-state index contributed by atoms with van der Waals surface area (Å²) in [6, 6.07) is 24.0. The van der Waals surface area contributed by atoms with E-state index in [0.717, 1.165) is 11.1 Å². The summed E-state index contributed by atoms with van der Waals surface area (Å²) in [5, 5.41) is 3.32. The first-order valence-corrected chi connectivity index (χ1v) is 9.71. The van der Waals surface area contributed by atoms with Gasteiger partial charge in [-0.25, -0.2) is 0 Å². The number of amides is 1. The van der Waals surface area contributed by atoms with Crippen LogP contribution >= 0.6 is 0 Å². The summed E-state index contributed by atoms with van der Waals surface area (Å²) in [7, 11) is 0. The average molecular weight is 399 g/mol. The molecule has 4 rings (SSSR count). The van der Waals surface area contributed by atoms with Crippen LogP contribution < -0.4 is 15.5 Å². The van der Waals surface area contributed by atoms with Crippen LogP contribution in [0.4, 0.5) is 0 Å². The molecule has 0 unspecified atom stereocenters. The van der Waals surface area contributed by atoms with Crippen molar-refractivity contribution in [3.05, 3.63) is 101 Å². The van der Waals surface area contributed by atoms with Gasteiger partial charge in [0.2, 0.25) is 0 Å². The van der Waals surface area contributed by atoms with Crippen molar-refractivity contribution in [3.63, 3.8) is 0 Å². The lowest BCUT2D eigenvalue weighted by Crippen LogP contribution is -2.35. The zero-order valence-electron chi connectivity index (χ0n) is 16.5. The van der Waals surface area contributed by atoms with Gasteiger partial charge in [0.25, 0.3) is 5.91 Å². The summed E-state index contributed by atoms with van der Waals surface area (Å²) in [5.74, 6) is 0.236. The maximum absolute atomic E-state index is 12.8. The van der Waals surface area contributed by atoms with E-state index in [2.05, 4.69) is 5.32 Å². The van der Waals surface area contributed by atoms with Crippen LogP contribution in [0.15, 0.2) is 94.3 Å². The molecule has 0 aliphatic rings. The molecule has 150 valence electrons. The largest absolute Gasteiger partial charge is 0.481 e. The fourth-order valence-corrected chi connectivity index (χ4v) is 3.19. The van der Waals surface area contributed by atoms with E-state index in [0.29, 0.717) is 28.8 Å². The highest BCUT2D eigenvalue weighted by atomic mass is 16.5. The molecule has 0 radical (unpaired) electrons. The third-order valence-electron chi connectivity index (χ3n) is 4.82. The number of hydrogen-bond acceptors (Lipinski definition) is 4. The third-order valence-corrected chi connectivity index (χ3v) is 4.82. The lowest BCUT2D eigenvalue weighted by atomic mass is 10.1. The van der Waals surface area contributed by atoms with E-state index in [9.17, 15) is 9.59 Å². The molecule has 3 aromatic carbocycles. The van der Waals surface area contributed by atoms with Crippen molar-refractivity contribution >= 4 is 16.9 Å². The molecule has 30 heavy (non-hydrogen) atoms. The average Bonchev–Trinajstić information content (AvgIpc) is 2.79. The highest BCUT2D eigenvalue weighted by Crippen LogP contribution is 2.23. The molecule has 1 amide bonds. The van der Waals surface area contributed by atoms with Crippen LogP contribution in [0.3, 0.4) is 0 Å². The molecule has 4 aromatic rings. The molecule has 5 heteroatoms. The minimum absolute atomic E-state index is 0.109. The van der Waals surface area contributed by atoms with Crippen molar-refractivity contribution in [2.24, 2.45) is 0 Å². The van der Waals surface area contributed by atoms with E-state index in [1.54, 1.807) is 25.1 Å². The normalized spacial score (nSPS) is 11.8. The smallest absolute Gasteiger partial charge is 0.261 e. The third kappa shape index (κ3) is 4.25. The van der Waals surface area contributed by atoms with E-state index in [1.165, 1.54) is 6.26 Å². The minimum Gasteiger partial charge on any atom is -0.481 e. The maximum atomic E-state index is 12.8. The van der Waals surface area contributed by atoms with Gasteiger partial charge < -0.3 is 14.5 Å². The van der Waals surface area contributed by atoms with Crippen LogP contribution in [0.25, 0.3) is 22.1 Å². The van der Waals surface area contributed by atoms with Gasteiger partial charge in [-0.05, 0) is 30.2 Å². The molecule has 1 heterocycles. The Morgan fingerprint density at radius 3 is 2.43 bits per heavy atom. The summed E-state index contributed by atoms with van der Waals surface area (Å²) in [5.41, 5.74) is 2.62. The molecule has 1 aromatic heterocycles. The number of nitrogens with one attached hydrogen (secondary N) is 1. The van der Waals surface area contributed by atoms with Crippen molar-refractivity contribution < 1.29 is 13.9 Å². The molecule has 0 saturated heterocycles.